The van der Waals surface area contributed by atoms with Crippen molar-refractivity contribution in [1.29, 1.82) is 0 Å². The van der Waals surface area contributed by atoms with Crippen LogP contribution in [-0.4, -0.2) is 57.1 Å². The maximum Gasteiger partial charge on any atom is 0.119 e. The van der Waals surface area contributed by atoms with Gasteiger partial charge >= 0.3 is 0 Å². The zero-order chi connectivity index (χ0) is 17.1. The molecule has 1 aromatic rings. The third kappa shape index (κ3) is 4.02. The highest BCUT2D eigenvalue weighted by Crippen LogP contribution is 2.43. The first kappa shape index (κ1) is 17.3. The summed E-state index contributed by atoms with van der Waals surface area (Å²) in [6.07, 6.45) is 7.58. The molecule has 0 aliphatic carbocycles. The maximum absolute atomic E-state index is 6.23. The lowest BCUT2D eigenvalue weighted by molar-refractivity contribution is 0.00223. The smallest absolute Gasteiger partial charge is 0.119 e. The molecule has 0 radical (unpaired) electrons. The Bertz CT molecular complexity index is 562. The van der Waals surface area contributed by atoms with E-state index < -0.39 is 0 Å². The van der Waals surface area contributed by atoms with Crippen molar-refractivity contribution in [3.05, 3.63) is 29.8 Å². The monoisotopic (exact) mass is 345 g/mol. The zero-order valence-corrected chi connectivity index (χ0v) is 15.4. The number of hydrogen-bond donors (Lipinski definition) is 0. The van der Waals surface area contributed by atoms with Gasteiger partial charge in [-0.05, 0) is 74.7 Å². The van der Waals surface area contributed by atoms with Gasteiger partial charge in [0.1, 0.15) is 5.75 Å². The molecule has 4 nitrogen and oxygen atoms in total. The molecule has 0 unspecified atom stereocenters. The molecular weight excluding hydrogens is 314 g/mol. The Labute approximate surface area is 151 Å². The highest BCUT2D eigenvalue weighted by molar-refractivity contribution is 5.29. The topological polar surface area (TPSA) is 30.9 Å². The first-order valence-corrected chi connectivity index (χ1v) is 9.83. The second kappa shape index (κ2) is 7.65. The van der Waals surface area contributed by atoms with Crippen molar-refractivity contribution in [2.75, 3.05) is 40.0 Å². The predicted molar refractivity (Wildman–Crippen MR) is 98.1 cm³/mol. The first-order valence-electron chi connectivity index (χ1n) is 9.83. The number of rotatable bonds is 4. The minimum absolute atomic E-state index is 0.363. The Balaban J connectivity index is 1.30. The Morgan fingerprint density at radius 3 is 2.76 bits per heavy atom. The van der Waals surface area contributed by atoms with Gasteiger partial charge in [0, 0.05) is 19.3 Å². The van der Waals surface area contributed by atoms with Gasteiger partial charge in [-0.15, -0.1) is 0 Å². The van der Waals surface area contributed by atoms with E-state index >= 15 is 0 Å². The van der Waals surface area contributed by atoms with E-state index in [1.165, 1.54) is 50.8 Å². The lowest BCUT2D eigenvalue weighted by atomic mass is 9.75. The van der Waals surface area contributed by atoms with Crippen molar-refractivity contribution >= 4 is 0 Å². The van der Waals surface area contributed by atoms with Crippen LogP contribution in [0, 0.1) is 5.41 Å². The van der Waals surface area contributed by atoms with Gasteiger partial charge in [-0.1, -0.05) is 12.1 Å². The van der Waals surface area contributed by atoms with Crippen molar-refractivity contribution in [1.82, 2.24) is 4.90 Å². The van der Waals surface area contributed by atoms with Crippen molar-refractivity contribution in [2.45, 2.75) is 50.7 Å². The minimum Gasteiger partial charge on any atom is -0.497 e. The molecule has 25 heavy (non-hydrogen) atoms. The molecule has 3 fully saturated rings. The normalized spacial score (nSPS) is 27.6. The summed E-state index contributed by atoms with van der Waals surface area (Å²) in [7, 11) is 1.73. The molecule has 3 aliphatic heterocycles. The van der Waals surface area contributed by atoms with Crippen molar-refractivity contribution in [3.63, 3.8) is 0 Å². The number of likely N-dealkylation sites (tertiary alicyclic amines) is 1. The van der Waals surface area contributed by atoms with Gasteiger partial charge in [-0.25, -0.2) is 0 Å². The zero-order valence-electron chi connectivity index (χ0n) is 15.4. The van der Waals surface area contributed by atoms with Crippen LogP contribution in [0.4, 0.5) is 0 Å². The van der Waals surface area contributed by atoms with Crippen LogP contribution in [0.2, 0.25) is 0 Å². The Kier molecular flexibility index (Phi) is 5.30. The Morgan fingerprint density at radius 2 is 2.00 bits per heavy atom. The second-order valence-corrected chi connectivity index (χ2v) is 8.07. The van der Waals surface area contributed by atoms with Crippen molar-refractivity contribution in [2.24, 2.45) is 5.41 Å². The fraction of sp³-hybridized carbons (Fsp3) is 0.714. The summed E-state index contributed by atoms with van der Waals surface area (Å²) >= 11 is 0. The molecule has 3 saturated heterocycles. The van der Waals surface area contributed by atoms with Crippen molar-refractivity contribution < 1.29 is 14.2 Å². The molecule has 3 aliphatic rings. The number of hydrogen-bond acceptors (Lipinski definition) is 4. The third-order valence-electron chi connectivity index (χ3n) is 6.45. The lowest BCUT2D eigenvalue weighted by Gasteiger charge is -2.43. The molecule has 0 saturated carbocycles. The van der Waals surface area contributed by atoms with Crippen molar-refractivity contribution in [3.8, 4) is 5.75 Å². The number of ether oxygens (including phenoxy) is 3. The molecule has 0 N–H and O–H groups in total. The summed E-state index contributed by atoms with van der Waals surface area (Å²) in [6.45, 7) is 5.30. The largest absolute Gasteiger partial charge is 0.497 e. The number of piperidine rings is 1. The number of benzene rings is 1. The summed E-state index contributed by atoms with van der Waals surface area (Å²) in [5.74, 6) is 0.940. The van der Waals surface area contributed by atoms with Crippen LogP contribution in [0.25, 0.3) is 0 Å². The summed E-state index contributed by atoms with van der Waals surface area (Å²) in [5, 5.41) is 0. The predicted octanol–water partition coefficient (Wildman–Crippen LogP) is 3.29. The summed E-state index contributed by atoms with van der Waals surface area (Å²) in [6, 6.07) is 9.16. The molecule has 4 heteroatoms. The number of methoxy groups -OCH3 is 1. The van der Waals surface area contributed by atoms with Gasteiger partial charge in [-0.3, -0.25) is 0 Å². The van der Waals surface area contributed by atoms with E-state index in [2.05, 4.69) is 23.1 Å². The minimum atomic E-state index is 0.363. The molecule has 3 heterocycles. The van der Waals surface area contributed by atoms with E-state index in [9.17, 15) is 0 Å². The van der Waals surface area contributed by atoms with Crippen LogP contribution in [-0.2, 0) is 15.9 Å². The van der Waals surface area contributed by atoms with Crippen LogP contribution < -0.4 is 4.74 Å². The van der Waals surface area contributed by atoms with E-state index in [4.69, 9.17) is 14.2 Å². The fourth-order valence-corrected chi connectivity index (χ4v) is 4.85. The maximum atomic E-state index is 6.23. The quantitative estimate of drug-likeness (QED) is 0.838. The van der Waals surface area contributed by atoms with Gasteiger partial charge in [0.25, 0.3) is 0 Å². The molecular formula is C21H31NO3. The first-order chi connectivity index (χ1) is 12.3. The van der Waals surface area contributed by atoms with E-state index in [1.54, 1.807) is 7.11 Å². The van der Waals surface area contributed by atoms with E-state index in [1.807, 2.05) is 6.07 Å². The van der Waals surface area contributed by atoms with Crippen LogP contribution in [0.3, 0.4) is 0 Å². The molecule has 1 spiro atoms. The van der Waals surface area contributed by atoms with Gasteiger partial charge in [0.15, 0.2) is 0 Å². The molecule has 1 atom stereocenters. The van der Waals surface area contributed by atoms with Gasteiger partial charge in [-0.2, -0.15) is 0 Å². The van der Waals surface area contributed by atoms with Gasteiger partial charge in [0.2, 0.25) is 0 Å². The molecule has 0 bridgehead atoms. The fourth-order valence-electron chi connectivity index (χ4n) is 4.85. The lowest BCUT2D eigenvalue weighted by Crippen LogP contribution is -2.47. The van der Waals surface area contributed by atoms with Gasteiger partial charge < -0.3 is 19.1 Å². The molecule has 0 amide bonds. The summed E-state index contributed by atoms with van der Waals surface area (Å²) < 4.78 is 17.1. The number of nitrogens with zero attached hydrogens (tertiary/aromatic N) is 1. The Morgan fingerprint density at radius 1 is 1.20 bits per heavy atom. The second-order valence-electron chi connectivity index (χ2n) is 8.07. The average molecular weight is 345 g/mol. The molecule has 1 aromatic carbocycles. The van der Waals surface area contributed by atoms with Crippen LogP contribution in [0.5, 0.6) is 5.75 Å². The van der Waals surface area contributed by atoms with E-state index in [-0.39, 0.29) is 0 Å². The Hall–Kier alpha value is -1.10. The van der Waals surface area contributed by atoms with Crippen LogP contribution in [0.1, 0.15) is 37.7 Å². The molecule has 138 valence electrons. The van der Waals surface area contributed by atoms with Crippen LogP contribution in [0.15, 0.2) is 24.3 Å². The van der Waals surface area contributed by atoms with E-state index in [0.29, 0.717) is 11.5 Å². The SMILES string of the molecule is COc1cccc(C[C@@H]2CC3(CCN(C4CCOCC4)CC3)CO2)c1. The van der Waals surface area contributed by atoms with E-state index in [0.717, 1.165) is 38.0 Å². The molecule has 0 aromatic heterocycles. The third-order valence-corrected chi connectivity index (χ3v) is 6.45. The summed E-state index contributed by atoms with van der Waals surface area (Å²) in [4.78, 5) is 2.71. The summed E-state index contributed by atoms with van der Waals surface area (Å²) in [5.41, 5.74) is 1.74. The highest BCUT2D eigenvalue weighted by atomic mass is 16.5. The average Bonchev–Trinajstić information content (AvgIpc) is 3.05. The van der Waals surface area contributed by atoms with Crippen LogP contribution >= 0.6 is 0 Å². The van der Waals surface area contributed by atoms with Gasteiger partial charge in [0.05, 0.1) is 19.8 Å². The highest BCUT2D eigenvalue weighted by Gasteiger charge is 2.43. The standard InChI is InChI=1S/C21H31NO3/c1-23-19-4-2-3-17(13-19)14-20-15-21(16-25-20)7-9-22(10-8-21)18-5-11-24-12-6-18/h2-4,13,18,20H,5-12,14-16H2,1H3/t20-/m1/s1. The molecule has 4 rings (SSSR count).